The van der Waals surface area contributed by atoms with Crippen molar-refractivity contribution in [2.24, 2.45) is 0 Å². The van der Waals surface area contributed by atoms with Gasteiger partial charge in [0.15, 0.2) is 0 Å². The van der Waals surface area contributed by atoms with E-state index in [9.17, 15) is 8.42 Å². The minimum Gasteiger partial charge on any atom is -0.237 e. The quantitative estimate of drug-likeness (QED) is 0.890. The number of sulfonamides is 1. The molecule has 0 radical (unpaired) electrons. The van der Waals surface area contributed by atoms with Crippen LogP contribution >= 0.6 is 0 Å². The lowest BCUT2D eigenvalue weighted by atomic mass is 9.87. The molecule has 0 aliphatic heterocycles. The summed E-state index contributed by atoms with van der Waals surface area (Å²) in [6.45, 7) is 6.61. The Hall–Kier alpha value is -1.66. The predicted octanol–water partition coefficient (Wildman–Crippen LogP) is 3.63. The Labute approximate surface area is 155 Å². The molecule has 1 fully saturated rings. The molecule has 5 nitrogen and oxygen atoms in total. The maximum atomic E-state index is 12.3. The molecule has 2 aromatic rings. The van der Waals surface area contributed by atoms with Gasteiger partial charge >= 0.3 is 0 Å². The first-order valence-electron chi connectivity index (χ1n) is 9.44. The molecule has 26 heavy (non-hydrogen) atoms. The summed E-state index contributed by atoms with van der Waals surface area (Å²) in [6.07, 6.45) is 6.15. The fourth-order valence-electron chi connectivity index (χ4n) is 3.68. The van der Waals surface area contributed by atoms with Gasteiger partial charge in [-0.3, -0.25) is 0 Å². The van der Waals surface area contributed by atoms with E-state index in [1.54, 1.807) is 0 Å². The number of hydrogen-bond donors (Lipinski definition) is 1. The molecule has 140 valence electrons. The van der Waals surface area contributed by atoms with E-state index in [0.717, 1.165) is 49.0 Å². The number of nitrogens with one attached hydrogen (secondary N) is 1. The van der Waals surface area contributed by atoms with Crippen LogP contribution in [0, 0.1) is 0 Å². The van der Waals surface area contributed by atoms with Crippen LogP contribution in [0.25, 0.3) is 5.69 Å². The van der Waals surface area contributed by atoms with Gasteiger partial charge < -0.3 is 0 Å². The predicted molar refractivity (Wildman–Crippen MR) is 103 cm³/mol. The summed E-state index contributed by atoms with van der Waals surface area (Å²) in [4.78, 5) is 0. The van der Waals surface area contributed by atoms with E-state index >= 15 is 0 Å². The summed E-state index contributed by atoms with van der Waals surface area (Å²) in [6, 6.07) is 8.36. The van der Waals surface area contributed by atoms with Crippen LogP contribution in [-0.4, -0.2) is 23.4 Å². The molecule has 0 unspecified atom stereocenters. The highest BCUT2D eigenvalue weighted by Gasteiger charge is 2.38. The van der Waals surface area contributed by atoms with Gasteiger partial charge in [0.05, 0.1) is 23.2 Å². The van der Waals surface area contributed by atoms with Crippen molar-refractivity contribution < 1.29 is 8.42 Å². The third-order valence-electron chi connectivity index (χ3n) is 5.43. The smallest absolute Gasteiger partial charge is 0.215 e. The van der Waals surface area contributed by atoms with E-state index in [0.29, 0.717) is 0 Å². The van der Waals surface area contributed by atoms with Gasteiger partial charge in [-0.05, 0) is 55.2 Å². The normalized spacial score (nSPS) is 20.8. The number of nitrogens with zero attached hydrogens (tertiary/aromatic N) is 2. The molecule has 0 amide bonds. The molecule has 4 rings (SSSR count). The summed E-state index contributed by atoms with van der Waals surface area (Å²) in [7, 11) is -3.19. The second-order valence-corrected chi connectivity index (χ2v) is 10.6. The molecule has 0 spiro atoms. The highest BCUT2D eigenvalue weighted by molar-refractivity contribution is 7.90. The zero-order valence-corrected chi connectivity index (χ0v) is 16.5. The fourth-order valence-corrected chi connectivity index (χ4v) is 5.27. The third kappa shape index (κ3) is 3.32. The Morgan fingerprint density at radius 3 is 2.42 bits per heavy atom. The van der Waals surface area contributed by atoms with Crippen molar-refractivity contribution in [1.29, 1.82) is 0 Å². The molecule has 1 atom stereocenters. The molecule has 0 bridgehead atoms. The average molecular weight is 374 g/mol. The third-order valence-corrected chi connectivity index (χ3v) is 7.39. The maximum Gasteiger partial charge on any atom is 0.215 e. The molecule has 1 saturated carbocycles. The van der Waals surface area contributed by atoms with Crippen LogP contribution in [0.5, 0.6) is 0 Å². The van der Waals surface area contributed by atoms with Gasteiger partial charge in [0.25, 0.3) is 0 Å². The number of benzene rings is 1. The van der Waals surface area contributed by atoms with E-state index in [2.05, 4.69) is 54.9 Å². The second-order valence-electron chi connectivity index (χ2n) is 8.56. The van der Waals surface area contributed by atoms with Crippen molar-refractivity contribution >= 4 is 10.0 Å². The minimum atomic E-state index is -3.19. The Kier molecular flexibility index (Phi) is 4.23. The lowest BCUT2D eigenvalue weighted by Gasteiger charge is -2.24. The van der Waals surface area contributed by atoms with Crippen molar-refractivity contribution in [2.75, 3.05) is 0 Å². The van der Waals surface area contributed by atoms with Crippen LogP contribution < -0.4 is 4.72 Å². The van der Waals surface area contributed by atoms with E-state index in [1.165, 1.54) is 5.56 Å². The topological polar surface area (TPSA) is 64.0 Å². The van der Waals surface area contributed by atoms with Gasteiger partial charge in [-0.15, -0.1) is 0 Å². The van der Waals surface area contributed by atoms with Crippen LogP contribution in [0.1, 0.15) is 69.3 Å². The Balaban J connectivity index is 1.62. The first kappa shape index (κ1) is 17.7. The molecule has 1 aromatic carbocycles. The van der Waals surface area contributed by atoms with E-state index in [4.69, 9.17) is 0 Å². The molecule has 1 aromatic heterocycles. The summed E-state index contributed by atoms with van der Waals surface area (Å²) in [5.74, 6) is 0. The van der Waals surface area contributed by atoms with Crippen molar-refractivity contribution in [3.8, 4) is 5.69 Å². The Bertz CT molecular complexity index is 904. The molecule has 0 saturated heterocycles. The Morgan fingerprint density at radius 2 is 1.81 bits per heavy atom. The van der Waals surface area contributed by atoms with Crippen LogP contribution in [0.15, 0.2) is 30.5 Å². The fraction of sp³-hybridized carbons (Fsp3) is 0.550. The number of hydrogen-bond acceptors (Lipinski definition) is 3. The van der Waals surface area contributed by atoms with Crippen LogP contribution in [0.4, 0.5) is 0 Å². The Morgan fingerprint density at radius 1 is 1.12 bits per heavy atom. The number of fused-ring (bicyclic) bond motifs is 1. The van der Waals surface area contributed by atoms with Crippen LogP contribution in [0.3, 0.4) is 0 Å². The summed E-state index contributed by atoms with van der Waals surface area (Å²) in [5, 5.41) is 4.40. The minimum absolute atomic E-state index is 0.119. The van der Waals surface area contributed by atoms with Gasteiger partial charge in [-0.25, -0.2) is 17.8 Å². The van der Waals surface area contributed by atoms with E-state index < -0.39 is 10.0 Å². The van der Waals surface area contributed by atoms with Crippen molar-refractivity contribution in [3.05, 3.63) is 47.3 Å². The average Bonchev–Trinajstić information content (AvgIpc) is 3.35. The van der Waals surface area contributed by atoms with Crippen molar-refractivity contribution in [3.63, 3.8) is 0 Å². The standard InChI is InChI=1S/C20H27N3O2S/c1-20(2,3)14-7-9-15(10-8-14)23-19-6-4-5-18(17(19)13-21-23)22-26(24,25)16-11-12-16/h7-10,13,16,18,22H,4-6,11-12H2,1-3H3/t18-/m0/s1. The largest absolute Gasteiger partial charge is 0.237 e. The molecular formula is C20H27N3O2S. The summed E-state index contributed by atoms with van der Waals surface area (Å²) >= 11 is 0. The highest BCUT2D eigenvalue weighted by Crippen LogP contribution is 2.35. The summed E-state index contributed by atoms with van der Waals surface area (Å²) < 4.78 is 29.6. The first-order chi connectivity index (χ1) is 12.3. The zero-order chi connectivity index (χ0) is 18.5. The highest BCUT2D eigenvalue weighted by atomic mass is 32.2. The van der Waals surface area contributed by atoms with Gasteiger partial charge in [0.1, 0.15) is 0 Å². The molecule has 2 aliphatic rings. The van der Waals surface area contributed by atoms with Crippen molar-refractivity contribution in [1.82, 2.24) is 14.5 Å². The molecule has 6 heteroatoms. The van der Waals surface area contributed by atoms with E-state index in [-0.39, 0.29) is 16.7 Å². The number of rotatable bonds is 4. The molecule has 2 aliphatic carbocycles. The van der Waals surface area contributed by atoms with E-state index in [1.807, 2.05) is 10.9 Å². The first-order valence-corrected chi connectivity index (χ1v) is 11.0. The van der Waals surface area contributed by atoms with Crippen LogP contribution in [0.2, 0.25) is 0 Å². The van der Waals surface area contributed by atoms with Gasteiger partial charge in [0, 0.05) is 11.3 Å². The molecular weight excluding hydrogens is 346 g/mol. The lowest BCUT2D eigenvalue weighted by Crippen LogP contribution is -2.33. The van der Waals surface area contributed by atoms with Gasteiger partial charge in [0.2, 0.25) is 10.0 Å². The van der Waals surface area contributed by atoms with Gasteiger partial charge in [-0.2, -0.15) is 5.10 Å². The van der Waals surface area contributed by atoms with Crippen molar-refractivity contribution in [2.45, 2.75) is 69.6 Å². The van der Waals surface area contributed by atoms with Gasteiger partial charge in [-0.1, -0.05) is 32.9 Å². The molecule has 1 N–H and O–H groups in total. The monoisotopic (exact) mass is 373 g/mol. The second kappa shape index (κ2) is 6.20. The van der Waals surface area contributed by atoms with Crippen LogP contribution in [-0.2, 0) is 21.9 Å². The molecule has 1 heterocycles. The SMILES string of the molecule is CC(C)(C)c1ccc(-n2ncc3c2CCC[C@@H]3NS(=O)(=O)C2CC2)cc1. The summed E-state index contributed by atoms with van der Waals surface area (Å²) in [5.41, 5.74) is 4.60. The lowest BCUT2D eigenvalue weighted by molar-refractivity contribution is 0.501. The number of aromatic nitrogens is 2. The zero-order valence-electron chi connectivity index (χ0n) is 15.7. The maximum absolute atomic E-state index is 12.3.